The van der Waals surface area contributed by atoms with Crippen molar-refractivity contribution in [1.29, 1.82) is 0 Å². The van der Waals surface area contributed by atoms with Crippen LogP contribution in [0.2, 0.25) is 0 Å². The SMILES string of the molecule is CC.Cc1ccc2cnn(-c3ccc(F)cc3)c2c1.O=C(c1cccc(C(F)F)c1)N1CC2CC2C1.c1ccccc1. The van der Waals surface area contributed by atoms with E-state index in [4.69, 9.17) is 0 Å². The van der Waals surface area contributed by atoms with Crippen LogP contribution in [0.1, 0.15) is 48.2 Å². The van der Waals surface area contributed by atoms with Gasteiger partial charge >= 0.3 is 0 Å². The maximum absolute atomic E-state index is 12.9. The Morgan fingerprint density at radius 3 is 2.05 bits per heavy atom. The Kier molecular flexibility index (Phi) is 10.5. The zero-order valence-corrected chi connectivity index (χ0v) is 24.1. The molecule has 0 N–H and O–H groups in total. The lowest BCUT2D eigenvalue weighted by Crippen LogP contribution is -2.30. The summed E-state index contributed by atoms with van der Waals surface area (Å²) >= 11 is 0. The first-order valence-corrected chi connectivity index (χ1v) is 14.3. The second-order valence-electron chi connectivity index (χ2n) is 10.1. The number of aromatic nitrogens is 2. The molecule has 2 atom stereocenters. The zero-order chi connectivity index (χ0) is 30.1. The lowest BCUT2D eigenvalue weighted by Gasteiger charge is -2.18. The molecule has 218 valence electrons. The van der Waals surface area contributed by atoms with E-state index >= 15 is 0 Å². The van der Waals surface area contributed by atoms with Gasteiger partial charge in [0.25, 0.3) is 12.3 Å². The summed E-state index contributed by atoms with van der Waals surface area (Å²) in [6.07, 6.45) is 0.522. The van der Waals surface area contributed by atoms with Gasteiger partial charge in [-0.25, -0.2) is 17.9 Å². The predicted molar refractivity (Wildman–Crippen MR) is 162 cm³/mol. The van der Waals surface area contributed by atoms with Gasteiger partial charge in [0, 0.05) is 29.6 Å². The van der Waals surface area contributed by atoms with Gasteiger partial charge in [0.15, 0.2) is 0 Å². The molecule has 0 spiro atoms. The van der Waals surface area contributed by atoms with Gasteiger partial charge in [-0.05, 0) is 73.2 Å². The van der Waals surface area contributed by atoms with E-state index in [0.29, 0.717) is 17.4 Å². The zero-order valence-electron chi connectivity index (χ0n) is 24.1. The third-order valence-corrected chi connectivity index (χ3v) is 7.12. The molecule has 2 fully saturated rings. The van der Waals surface area contributed by atoms with Gasteiger partial charge in [0.05, 0.1) is 17.4 Å². The number of halogens is 3. The summed E-state index contributed by atoms with van der Waals surface area (Å²) in [5, 5.41) is 5.41. The lowest BCUT2D eigenvalue weighted by molar-refractivity contribution is 0.0775. The molecule has 1 saturated carbocycles. The molecule has 4 nitrogen and oxygen atoms in total. The van der Waals surface area contributed by atoms with E-state index in [0.717, 1.165) is 29.7 Å². The molecule has 2 heterocycles. The van der Waals surface area contributed by atoms with Crippen LogP contribution >= 0.6 is 0 Å². The Hall–Kier alpha value is -4.39. The number of carbonyl (C=O) groups is 1. The normalized spacial score (nSPS) is 16.3. The molecule has 1 aromatic heterocycles. The van der Waals surface area contributed by atoms with Crippen molar-refractivity contribution in [2.24, 2.45) is 11.8 Å². The summed E-state index contributed by atoms with van der Waals surface area (Å²) in [4.78, 5) is 13.9. The standard InChI is InChI=1S/C14H11FN2.C13H13F2NO.C6H6.C2H6/c1-10-2-3-11-9-16-17(14(11)8-10)13-6-4-12(15)5-7-13;14-12(15)8-2-1-3-9(4-8)13(17)16-6-10-5-11(10)7-16;1-2-4-6-5-3-1;1-2/h2-9H,1H3;1-4,10-12H,5-7H2;1-6H;1-2H3. The summed E-state index contributed by atoms with van der Waals surface area (Å²) in [6.45, 7) is 7.63. The van der Waals surface area contributed by atoms with Crippen LogP contribution < -0.4 is 0 Å². The Balaban J connectivity index is 0.000000154. The Bertz CT molecular complexity index is 1530. The number of carbonyl (C=O) groups excluding carboxylic acids is 1. The van der Waals surface area contributed by atoms with E-state index in [1.54, 1.807) is 23.1 Å². The van der Waals surface area contributed by atoms with Gasteiger partial charge in [0.1, 0.15) is 5.82 Å². The topological polar surface area (TPSA) is 38.1 Å². The molecular formula is C35H36F3N3O. The minimum atomic E-state index is -2.52. The van der Waals surface area contributed by atoms with Gasteiger partial charge < -0.3 is 4.90 Å². The maximum atomic E-state index is 12.9. The van der Waals surface area contributed by atoms with Crippen molar-refractivity contribution >= 4 is 16.8 Å². The van der Waals surface area contributed by atoms with Crippen LogP contribution in [-0.2, 0) is 0 Å². The highest BCUT2D eigenvalue weighted by Crippen LogP contribution is 2.45. The fraction of sp³-hybridized carbons (Fsp3) is 0.257. The first kappa shape index (κ1) is 30.6. The number of hydrogen-bond donors (Lipinski definition) is 0. The van der Waals surface area contributed by atoms with Crippen LogP contribution in [0, 0.1) is 24.6 Å². The minimum Gasteiger partial charge on any atom is -0.338 e. The molecule has 1 saturated heterocycles. The molecule has 1 aliphatic carbocycles. The van der Waals surface area contributed by atoms with Gasteiger partial charge in [-0.2, -0.15) is 5.10 Å². The van der Waals surface area contributed by atoms with Crippen LogP contribution in [0.4, 0.5) is 13.2 Å². The Labute approximate surface area is 245 Å². The largest absolute Gasteiger partial charge is 0.338 e. The second kappa shape index (κ2) is 14.5. The smallest absolute Gasteiger partial charge is 0.263 e. The molecule has 7 rings (SSSR count). The summed E-state index contributed by atoms with van der Waals surface area (Å²) in [5.41, 5.74) is 3.38. The fourth-order valence-electron chi connectivity index (χ4n) is 4.86. The molecule has 1 aliphatic heterocycles. The molecule has 0 bridgehead atoms. The van der Waals surface area contributed by atoms with Crippen LogP contribution in [-0.4, -0.2) is 33.7 Å². The summed E-state index contributed by atoms with van der Waals surface area (Å²) in [6, 6.07) is 30.3. The number of amides is 1. The Morgan fingerprint density at radius 2 is 1.45 bits per heavy atom. The second-order valence-corrected chi connectivity index (χ2v) is 10.1. The molecule has 0 radical (unpaired) electrons. The van der Waals surface area contributed by atoms with Crippen LogP contribution in [0.3, 0.4) is 0 Å². The summed E-state index contributed by atoms with van der Waals surface area (Å²) in [5.74, 6) is 0.982. The van der Waals surface area contributed by atoms with Crippen molar-refractivity contribution in [3.63, 3.8) is 0 Å². The first-order chi connectivity index (χ1) is 20.4. The molecule has 2 unspecified atom stereocenters. The average molecular weight is 572 g/mol. The number of fused-ring (bicyclic) bond motifs is 2. The fourth-order valence-corrected chi connectivity index (χ4v) is 4.86. The van der Waals surface area contributed by atoms with E-state index in [2.05, 4.69) is 17.2 Å². The summed E-state index contributed by atoms with van der Waals surface area (Å²) in [7, 11) is 0. The number of piperidine rings is 1. The maximum Gasteiger partial charge on any atom is 0.263 e. The molecular weight excluding hydrogens is 535 g/mol. The van der Waals surface area contributed by atoms with Gasteiger partial charge in [-0.3, -0.25) is 4.79 Å². The highest BCUT2D eigenvalue weighted by molar-refractivity contribution is 5.94. The first-order valence-electron chi connectivity index (χ1n) is 14.3. The number of rotatable bonds is 3. The van der Waals surface area contributed by atoms with Crippen molar-refractivity contribution in [2.75, 3.05) is 13.1 Å². The lowest BCUT2D eigenvalue weighted by atomic mass is 10.1. The number of likely N-dealkylation sites (tertiary alicyclic amines) is 1. The highest BCUT2D eigenvalue weighted by atomic mass is 19.3. The summed E-state index contributed by atoms with van der Waals surface area (Å²) < 4.78 is 39.8. The number of aryl methyl sites for hydroxylation is 1. The third-order valence-electron chi connectivity index (χ3n) is 7.12. The molecule has 2 aliphatic rings. The highest BCUT2D eigenvalue weighted by Gasteiger charge is 2.46. The van der Waals surface area contributed by atoms with Gasteiger partial charge in [0.2, 0.25) is 0 Å². The number of hydrogen-bond acceptors (Lipinski definition) is 2. The van der Waals surface area contributed by atoms with Crippen LogP contribution in [0.25, 0.3) is 16.6 Å². The van der Waals surface area contributed by atoms with Crippen molar-refractivity contribution in [3.8, 4) is 5.69 Å². The van der Waals surface area contributed by atoms with E-state index in [9.17, 15) is 18.0 Å². The average Bonchev–Trinajstić information content (AvgIpc) is 3.42. The monoisotopic (exact) mass is 571 g/mol. The molecule has 4 aromatic carbocycles. The van der Waals surface area contributed by atoms with Crippen molar-refractivity contribution in [3.05, 3.63) is 132 Å². The van der Waals surface area contributed by atoms with Crippen molar-refractivity contribution in [1.82, 2.24) is 14.7 Å². The van der Waals surface area contributed by atoms with E-state index in [1.165, 1.54) is 42.3 Å². The molecule has 5 aromatic rings. The van der Waals surface area contributed by atoms with Gasteiger partial charge in [-0.15, -0.1) is 0 Å². The number of nitrogens with zero attached hydrogens (tertiary/aromatic N) is 3. The number of benzene rings is 4. The predicted octanol–water partition coefficient (Wildman–Crippen LogP) is 8.90. The van der Waals surface area contributed by atoms with Crippen LogP contribution in [0.15, 0.2) is 109 Å². The third kappa shape index (κ3) is 7.87. The Morgan fingerprint density at radius 1 is 0.833 bits per heavy atom. The van der Waals surface area contributed by atoms with E-state index < -0.39 is 6.43 Å². The molecule has 42 heavy (non-hydrogen) atoms. The molecule has 7 heteroatoms. The van der Waals surface area contributed by atoms with Crippen molar-refractivity contribution < 1.29 is 18.0 Å². The van der Waals surface area contributed by atoms with Crippen molar-refractivity contribution in [2.45, 2.75) is 33.6 Å². The van der Waals surface area contributed by atoms with Gasteiger partial charge in [-0.1, -0.05) is 74.5 Å². The van der Waals surface area contributed by atoms with Crippen LogP contribution in [0.5, 0.6) is 0 Å². The number of alkyl halides is 2. The van der Waals surface area contributed by atoms with E-state index in [1.807, 2.05) is 74.1 Å². The quantitative estimate of drug-likeness (QED) is 0.217. The molecule has 1 amide bonds. The minimum absolute atomic E-state index is 0.0831. The van der Waals surface area contributed by atoms with E-state index in [-0.39, 0.29) is 17.3 Å².